The summed E-state index contributed by atoms with van der Waals surface area (Å²) in [6, 6.07) is 10.5. The molecule has 1 N–H and O–H groups in total. The molecule has 0 unspecified atom stereocenters. The van der Waals surface area contributed by atoms with Crippen molar-refractivity contribution < 1.29 is 26.3 Å². The van der Waals surface area contributed by atoms with E-state index in [0.29, 0.717) is 11.3 Å². The van der Waals surface area contributed by atoms with Gasteiger partial charge in [0.15, 0.2) is 9.84 Å². The molecule has 0 aliphatic rings. The van der Waals surface area contributed by atoms with E-state index in [2.05, 4.69) is 4.72 Å². The summed E-state index contributed by atoms with van der Waals surface area (Å²) in [6.45, 7) is 0.00669. The monoisotopic (exact) mass is 385 g/mol. The van der Waals surface area contributed by atoms with Gasteiger partial charge in [-0.25, -0.2) is 21.6 Å². The molecule has 2 aromatic rings. The smallest absolute Gasteiger partial charge is 0.244 e. The van der Waals surface area contributed by atoms with Crippen molar-refractivity contribution in [3.05, 3.63) is 48.0 Å². The van der Waals surface area contributed by atoms with Crippen molar-refractivity contribution in [1.29, 1.82) is 0 Å². The number of rotatable bonds is 7. The molecular formula is C16H19NO6S2. The SMILES string of the molecule is COc1ccc(OC)c(S(=O)(=O)NCc2ccc(S(C)(=O)=O)cc2)c1. The van der Waals surface area contributed by atoms with Crippen LogP contribution in [0.25, 0.3) is 0 Å². The predicted octanol–water partition coefficient (Wildman–Crippen LogP) is 1.59. The Morgan fingerprint density at radius 3 is 2.08 bits per heavy atom. The van der Waals surface area contributed by atoms with Crippen molar-refractivity contribution >= 4 is 19.9 Å². The van der Waals surface area contributed by atoms with Gasteiger partial charge in [0.05, 0.1) is 19.1 Å². The zero-order chi connectivity index (χ0) is 18.7. The molecule has 0 aliphatic carbocycles. The van der Waals surface area contributed by atoms with Gasteiger partial charge >= 0.3 is 0 Å². The van der Waals surface area contributed by atoms with Gasteiger partial charge in [-0.1, -0.05) is 12.1 Å². The number of methoxy groups -OCH3 is 2. The lowest BCUT2D eigenvalue weighted by atomic mass is 10.2. The lowest BCUT2D eigenvalue weighted by Crippen LogP contribution is -2.23. The zero-order valence-corrected chi connectivity index (χ0v) is 15.6. The molecule has 2 rings (SSSR count). The summed E-state index contributed by atoms with van der Waals surface area (Å²) in [5, 5.41) is 0. The first-order valence-corrected chi connectivity index (χ1v) is 10.6. The van der Waals surface area contributed by atoms with Crippen LogP contribution in [0.1, 0.15) is 5.56 Å². The molecule has 136 valence electrons. The van der Waals surface area contributed by atoms with Gasteiger partial charge in [0, 0.05) is 18.9 Å². The van der Waals surface area contributed by atoms with Crippen LogP contribution >= 0.6 is 0 Å². The second-order valence-electron chi connectivity index (χ2n) is 5.26. The van der Waals surface area contributed by atoms with Crippen LogP contribution in [0.15, 0.2) is 52.3 Å². The van der Waals surface area contributed by atoms with E-state index < -0.39 is 19.9 Å². The fourth-order valence-corrected chi connectivity index (χ4v) is 3.93. The Hall–Kier alpha value is -2.10. The topological polar surface area (TPSA) is 98.8 Å². The molecule has 0 bridgehead atoms. The van der Waals surface area contributed by atoms with Crippen LogP contribution in [0.3, 0.4) is 0 Å². The van der Waals surface area contributed by atoms with E-state index in [4.69, 9.17) is 9.47 Å². The van der Waals surface area contributed by atoms with E-state index in [-0.39, 0.29) is 22.1 Å². The molecule has 0 saturated carbocycles. The maximum Gasteiger partial charge on any atom is 0.244 e. The minimum atomic E-state index is -3.85. The number of sulfone groups is 1. The highest BCUT2D eigenvalue weighted by Crippen LogP contribution is 2.28. The first-order chi connectivity index (χ1) is 11.7. The van der Waals surface area contributed by atoms with Crippen molar-refractivity contribution in [2.24, 2.45) is 0 Å². The molecule has 0 radical (unpaired) electrons. The number of sulfonamides is 1. The van der Waals surface area contributed by atoms with Crippen LogP contribution < -0.4 is 14.2 Å². The van der Waals surface area contributed by atoms with Gasteiger partial charge in [-0.05, 0) is 29.8 Å². The van der Waals surface area contributed by atoms with Crippen molar-refractivity contribution in [1.82, 2.24) is 4.72 Å². The van der Waals surface area contributed by atoms with E-state index in [0.717, 1.165) is 6.26 Å². The van der Waals surface area contributed by atoms with Gasteiger partial charge in [0.25, 0.3) is 0 Å². The zero-order valence-electron chi connectivity index (χ0n) is 14.0. The average Bonchev–Trinajstić information content (AvgIpc) is 2.59. The molecule has 0 aromatic heterocycles. The van der Waals surface area contributed by atoms with Gasteiger partial charge in [0.1, 0.15) is 16.4 Å². The fraction of sp³-hybridized carbons (Fsp3) is 0.250. The molecule has 9 heteroatoms. The third-order valence-electron chi connectivity index (χ3n) is 3.48. The average molecular weight is 385 g/mol. The summed E-state index contributed by atoms with van der Waals surface area (Å²) >= 11 is 0. The second kappa shape index (κ2) is 7.42. The van der Waals surface area contributed by atoms with Gasteiger partial charge in [-0.15, -0.1) is 0 Å². The summed E-state index contributed by atoms with van der Waals surface area (Å²) in [5.74, 6) is 0.583. The highest BCUT2D eigenvalue weighted by atomic mass is 32.2. The normalized spacial score (nSPS) is 12.0. The van der Waals surface area contributed by atoms with Crippen LogP contribution in [0.4, 0.5) is 0 Å². The molecule has 7 nitrogen and oxygen atoms in total. The second-order valence-corrected chi connectivity index (χ2v) is 9.01. The van der Waals surface area contributed by atoms with Crippen LogP contribution in [0, 0.1) is 0 Å². The van der Waals surface area contributed by atoms with Gasteiger partial charge in [-0.3, -0.25) is 0 Å². The number of benzene rings is 2. The molecule has 2 aromatic carbocycles. The summed E-state index contributed by atoms with van der Waals surface area (Å²) in [7, 11) is -4.32. The summed E-state index contributed by atoms with van der Waals surface area (Å²) in [4.78, 5) is 0.135. The maximum atomic E-state index is 12.5. The summed E-state index contributed by atoms with van der Waals surface area (Å²) < 4.78 is 60.6. The third kappa shape index (κ3) is 4.71. The first-order valence-electron chi connectivity index (χ1n) is 7.18. The molecule has 0 spiro atoms. The molecule has 0 atom stereocenters. The number of hydrogen-bond acceptors (Lipinski definition) is 6. The quantitative estimate of drug-likeness (QED) is 0.777. The van der Waals surface area contributed by atoms with Crippen molar-refractivity contribution in [2.75, 3.05) is 20.5 Å². The lowest BCUT2D eigenvalue weighted by molar-refractivity contribution is 0.392. The van der Waals surface area contributed by atoms with Crippen LogP contribution in [-0.2, 0) is 26.4 Å². The minimum absolute atomic E-state index is 0.00669. The Kier molecular flexibility index (Phi) is 5.71. The van der Waals surface area contributed by atoms with Gasteiger partial charge in [0.2, 0.25) is 10.0 Å². The summed E-state index contributed by atoms with van der Waals surface area (Å²) in [5.41, 5.74) is 0.623. The van der Waals surface area contributed by atoms with E-state index in [1.807, 2.05) is 0 Å². The van der Waals surface area contributed by atoms with Crippen molar-refractivity contribution in [3.63, 3.8) is 0 Å². The maximum absolute atomic E-state index is 12.5. The third-order valence-corrected chi connectivity index (χ3v) is 6.03. The molecule has 0 heterocycles. The Bertz CT molecular complexity index is 951. The van der Waals surface area contributed by atoms with E-state index in [1.165, 1.54) is 38.5 Å². The van der Waals surface area contributed by atoms with Crippen LogP contribution in [0.2, 0.25) is 0 Å². The highest BCUT2D eigenvalue weighted by molar-refractivity contribution is 7.90. The molecule has 0 amide bonds. The molecular weight excluding hydrogens is 366 g/mol. The molecule has 25 heavy (non-hydrogen) atoms. The number of nitrogens with one attached hydrogen (secondary N) is 1. The summed E-state index contributed by atoms with van der Waals surface area (Å²) in [6.07, 6.45) is 1.11. The number of ether oxygens (including phenoxy) is 2. The molecule has 0 saturated heterocycles. The molecule has 0 fully saturated rings. The van der Waals surface area contributed by atoms with Gasteiger partial charge in [-0.2, -0.15) is 0 Å². The number of hydrogen-bond donors (Lipinski definition) is 1. The lowest BCUT2D eigenvalue weighted by Gasteiger charge is -2.12. The van der Waals surface area contributed by atoms with Crippen molar-refractivity contribution in [3.8, 4) is 11.5 Å². The Labute approximate surface area is 147 Å². The Morgan fingerprint density at radius 2 is 1.56 bits per heavy atom. The highest BCUT2D eigenvalue weighted by Gasteiger charge is 2.20. The molecule has 0 aliphatic heterocycles. The van der Waals surface area contributed by atoms with E-state index >= 15 is 0 Å². The van der Waals surface area contributed by atoms with Crippen LogP contribution in [0.5, 0.6) is 11.5 Å². The minimum Gasteiger partial charge on any atom is -0.497 e. The Balaban J connectivity index is 2.22. The van der Waals surface area contributed by atoms with Crippen LogP contribution in [-0.4, -0.2) is 37.3 Å². The van der Waals surface area contributed by atoms with E-state index in [9.17, 15) is 16.8 Å². The van der Waals surface area contributed by atoms with Crippen molar-refractivity contribution in [2.45, 2.75) is 16.3 Å². The fourth-order valence-electron chi connectivity index (χ4n) is 2.10. The Morgan fingerprint density at radius 1 is 0.920 bits per heavy atom. The van der Waals surface area contributed by atoms with E-state index in [1.54, 1.807) is 18.2 Å². The first kappa shape index (κ1) is 19.2. The van der Waals surface area contributed by atoms with Gasteiger partial charge < -0.3 is 9.47 Å². The standard InChI is InChI=1S/C16H19NO6S2/c1-22-13-6-9-15(23-2)16(10-13)25(20,21)17-11-12-4-7-14(8-5-12)24(3,18)19/h4-10,17H,11H2,1-3H3. The largest absolute Gasteiger partial charge is 0.497 e. The predicted molar refractivity (Wildman–Crippen MR) is 93.1 cm³/mol.